The van der Waals surface area contributed by atoms with Crippen molar-refractivity contribution >= 4 is 17.8 Å². The highest BCUT2D eigenvalue weighted by atomic mass is 16.5. The highest BCUT2D eigenvalue weighted by molar-refractivity contribution is 5.95. The third kappa shape index (κ3) is 1.91. The maximum Gasteiger partial charge on any atom is 0.357 e. The first-order valence-corrected chi connectivity index (χ1v) is 4.77. The molecule has 1 aromatic heterocycles. The Balaban J connectivity index is 3.75. The first-order valence-electron chi connectivity index (χ1n) is 4.77. The Labute approximate surface area is 96.6 Å². The molecule has 0 bridgehead atoms. The van der Waals surface area contributed by atoms with Gasteiger partial charge in [-0.1, -0.05) is 0 Å². The zero-order valence-electron chi connectivity index (χ0n) is 9.94. The summed E-state index contributed by atoms with van der Waals surface area (Å²) in [6, 6.07) is 0. The molecule has 0 aliphatic carbocycles. The van der Waals surface area contributed by atoms with E-state index in [9.17, 15) is 19.2 Å². The predicted molar refractivity (Wildman–Crippen MR) is 57.4 cm³/mol. The summed E-state index contributed by atoms with van der Waals surface area (Å²) in [6.45, 7) is 3.69. The number of rotatable bonds is 1. The molecule has 0 aliphatic rings. The fraction of sp³-hybridized carbons (Fsp3) is 0.400. The van der Waals surface area contributed by atoms with Crippen molar-refractivity contribution in [1.82, 2.24) is 9.13 Å². The average Bonchev–Trinajstić information content (AvgIpc) is 2.48. The van der Waals surface area contributed by atoms with Crippen molar-refractivity contribution in [2.75, 3.05) is 7.11 Å². The zero-order valence-corrected chi connectivity index (χ0v) is 9.94. The van der Waals surface area contributed by atoms with Gasteiger partial charge in [-0.05, 0) is 6.92 Å². The lowest BCUT2D eigenvalue weighted by molar-refractivity contribution is 0.0580. The second-order valence-corrected chi connectivity index (χ2v) is 3.42. The monoisotopic (exact) mass is 240 g/mol. The van der Waals surface area contributed by atoms with E-state index >= 15 is 0 Å². The maximum absolute atomic E-state index is 11.8. The second-order valence-electron chi connectivity index (χ2n) is 3.42. The Morgan fingerprint density at radius 2 is 1.53 bits per heavy atom. The second kappa shape index (κ2) is 4.36. The predicted octanol–water partition coefficient (Wildman–Crippen LogP) is 0.0650. The molecule has 92 valence electrons. The molecule has 0 saturated carbocycles. The van der Waals surface area contributed by atoms with Crippen LogP contribution in [0.25, 0.3) is 0 Å². The first kappa shape index (κ1) is 12.9. The zero-order chi connectivity index (χ0) is 13.3. The molecule has 0 fully saturated rings. The molecule has 0 atom stereocenters. The van der Waals surface area contributed by atoms with Crippen LogP contribution in [0.2, 0.25) is 0 Å². The van der Waals surface area contributed by atoms with Crippen molar-refractivity contribution in [3.05, 3.63) is 21.9 Å². The normalized spacial score (nSPS) is 10.1. The van der Waals surface area contributed by atoms with Crippen LogP contribution in [0, 0.1) is 6.92 Å². The molecule has 0 amide bonds. The number of hydrogen-bond acceptors (Lipinski definition) is 5. The minimum atomic E-state index is -0.858. The summed E-state index contributed by atoms with van der Waals surface area (Å²) in [4.78, 5) is 45.9. The van der Waals surface area contributed by atoms with Crippen LogP contribution in [0.1, 0.15) is 39.6 Å². The van der Waals surface area contributed by atoms with Gasteiger partial charge >= 0.3 is 11.7 Å². The molecular weight excluding hydrogens is 228 g/mol. The summed E-state index contributed by atoms with van der Waals surface area (Å²) in [6.07, 6.45) is 0. The molecule has 0 unspecified atom stereocenters. The number of hydrogen-bond donors (Lipinski definition) is 0. The molecular formula is C10H12N2O5. The molecule has 0 N–H and O–H groups in total. The number of nitrogens with zero attached hydrogens (tertiary/aromatic N) is 2. The number of ether oxygens (including phenoxy) is 1. The number of imidazole rings is 1. The van der Waals surface area contributed by atoms with Crippen LogP contribution in [0.3, 0.4) is 0 Å². The van der Waals surface area contributed by atoms with Crippen LogP contribution in [0.4, 0.5) is 0 Å². The lowest BCUT2D eigenvalue weighted by atomic mass is 10.3. The van der Waals surface area contributed by atoms with Gasteiger partial charge in [-0.25, -0.2) is 18.7 Å². The molecule has 7 heteroatoms. The van der Waals surface area contributed by atoms with Crippen LogP contribution in [0.15, 0.2) is 4.79 Å². The highest BCUT2D eigenvalue weighted by Crippen LogP contribution is 2.08. The fourth-order valence-electron chi connectivity index (χ4n) is 1.61. The van der Waals surface area contributed by atoms with E-state index in [1.54, 1.807) is 0 Å². The van der Waals surface area contributed by atoms with E-state index < -0.39 is 23.5 Å². The van der Waals surface area contributed by atoms with Crippen LogP contribution in [0.5, 0.6) is 0 Å². The van der Waals surface area contributed by atoms with Crippen molar-refractivity contribution in [2.45, 2.75) is 20.8 Å². The Hall–Kier alpha value is -2.18. The van der Waals surface area contributed by atoms with Gasteiger partial charge in [-0.2, -0.15) is 0 Å². The van der Waals surface area contributed by atoms with Crippen LogP contribution in [-0.2, 0) is 4.74 Å². The van der Waals surface area contributed by atoms with Gasteiger partial charge in [0.2, 0.25) is 11.8 Å². The largest absolute Gasteiger partial charge is 0.464 e. The lowest BCUT2D eigenvalue weighted by Crippen LogP contribution is -2.31. The lowest BCUT2D eigenvalue weighted by Gasteiger charge is -2.01. The van der Waals surface area contributed by atoms with Crippen LogP contribution in [-0.4, -0.2) is 34.0 Å². The molecule has 0 radical (unpaired) electrons. The van der Waals surface area contributed by atoms with Gasteiger partial charge in [0.25, 0.3) is 0 Å². The fourth-order valence-corrected chi connectivity index (χ4v) is 1.61. The summed E-state index contributed by atoms with van der Waals surface area (Å²) < 4.78 is 5.87. The molecule has 17 heavy (non-hydrogen) atoms. The molecule has 0 spiro atoms. The molecule has 1 aromatic rings. The van der Waals surface area contributed by atoms with Gasteiger partial charge in [-0.3, -0.25) is 9.59 Å². The number of carbonyl (C=O) groups is 3. The van der Waals surface area contributed by atoms with E-state index in [0.29, 0.717) is 4.57 Å². The first-order chi connectivity index (χ1) is 7.82. The number of aromatic nitrogens is 2. The van der Waals surface area contributed by atoms with Crippen molar-refractivity contribution < 1.29 is 19.1 Å². The molecule has 0 saturated heterocycles. The van der Waals surface area contributed by atoms with Crippen molar-refractivity contribution in [1.29, 1.82) is 0 Å². The van der Waals surface area contributed by atoms with Gasteiger partial charge < -0.3 is 4.74 Å². The van der Waals surface area contributed by atoms with Crippen molar-refractivity contribution in [3.63, 3.8) is 0 Å². The van der Waals surface area contributed by atoms with E-state index in [-0.39, 0.29) is 11.4 Å². The van der Waals surface area contributed by atoms with Crippen molar-refractivity contribution in [2.24, 2.45) is 0 Å². The molecule has 1 rings (SSSR count). The minimum absolute atomic E-state index is 0.0875. The third-order valence-corrected chi connectivity index (χ3v) is 2.29. The third-order valence-electron chi connectivity index (χ3n) is 2.29. The number of methoxy groups -OCH3 is 1. The molecule has 7 nitrogen and oxygen atoms in total. The molecule has 0 aliphatic heterocycles. The van der Waals surface area contributed by atoms with Gasteiger partial charge in [0.15, 0.2) is 5.69 Å². The Kier molecular flexibility index (Phi) is 3.31. The summed E-state index contributed by atoms with van der Waals surface area (Å²) >= 11 is 0. The average molecular weight is 240 g/mol. The van der Waals surface area contributed by atoms with E-state index in [0.717, 1.165) is 18.6 Å². The van der Waals surface area contributed by atoms with E-state index in [2.05, 4.69) is 4.74 Å². The Morgan fingerprint density at radius 3 is 1.88 bits per heavy atom. The summed E-state index contributed by atoms with van der Waals surface area (Å²) in [7, 11) is 1.13. The SMILES string of the molecule is COC(=O)c1c(C)n(C(C)=O)c(=O)n1C(C)=O. The van der Waals surface area contributed by atoms with E-state index in [4.69, 9.17) is 0 Å². The van der Waals surface area contributed by atoms with E-state index in [1.165, 1.54) is 13.8 Å². The molecule has 0 aromatic carbocycles. The number of carbonyl (C=O) groups excluding carboxylic acids is 3. The minimum Gasteiger partial charge on any atom is -0.464 e. The molecule has 1 heterocycles. The van der Waals surface area contributed by atoms with Gasteiger partial charge in [0.05, 0.1) is 12.8 Å². The highest BCUT2D eigenvalue weighted by Gasteiger charge is 2.26. The van der Waals surface area contributed by atoms with E-state index in [1.807, 2.05) is 0 Å². The number of esters is 1. The van der Waals surface area contributed by atoms with Crippen LogP contribution >= 0.6 is 0 Å². The van der Waals surface area contributed by atoms with Crippen molar-refractivity contribution in [3.8, 4) is 0 Å². The standard InChI is InChI=1S/C10H12N2O5/c1-5-8(9(15)17-4)12(7(3)14)10(16)11(5)6(2)13/h1-4H3. The Morgan fingerprint density at radius 1 is 1.06 bits per heavy atom. The maximum atomic E-state index is 11.8. The topological polar surface area (TPSA) is 87.4 Å². The summed E-state index contributed by atoms with van der Waals surface area (Å²) in [5.74, 6) is -2.06. The summed E-state index contributed by atoms with van der Waals surface area (Å²) in [5.41, 5.74) is -0.993. The quantitative estimate of drug-likeness (QED) is 0.648. The summed E-state index contributed by atoms with van der Waals surface area (Å²) in [5, 5.41) is 0. The smallest absolute Gasteiger partial charge is 0.357 e. The van der Waals surface area contributed by atoms with Gasteiger partial charge in [0.1, 0.15) is 0 Å². The van der Waals surface area contributed by atoms with Gasteiger partial charge in [-0.15, -0.1) is 0 Å². The van der Waals surface area contributed by atoms with Crippen LogP contribution < -0.4 is 5.69 Å². The van der Waals surface area contributed by atoms with Gasteiger partial charge in [0, 0.05) is 13.8 Å². The Bertz CT molecular complexity index is 564.